The number of nitrogens with zero attached hydrogens (tertiary/aromatic N) is 3. The molecule has 1 heterocycles. The number of phenolic OH excluding ortho intramolecular Hbond substituents is 1. The van der Waals surface area contributed by atoms with Crippen molar-refractivity contribution in [3.63, 3.8) is 0 Å². The summed E-state index contributed by atoms with van der Waals surface area (Å²) in [5.74, 6) is 0.738. The average Bonchev–Trinajstić information content (AvgIpc) is 2.70. The maximum atomic E-state index is 13.4. The van der Waals surface area contributed by atoms with E-state index >= 15 is 0 Å². The number of fused-ring (bicyclic) bond motifs is 1. The Morgan fingerprint density at radius 1 is 0.964 bits per heavy atom. The number of nitrogens with one attached hydrogen (secondary N) is 1. The number of rotatable bonds is 4. The molecule has 0 unspecified atom stereocenters. The monoisotopic (exact) mass is 374 g/mol. The Morgan fingerprint density at radius 3 is 2.50 bits per heavy atom. The number of aromatic nitrogens is 2. The molecule has 0 saturated carbocycles. The minimum atomic E-state index is -0.301. The first-order valence-corrected chi connectivity index (χ1v) is 8.84. The van der Waals surface area contributed by atoms with E-state index in [-0.39, 0.29) is 11.6 Å². The predicted molar refractivity (Wildman–Crippen MR) is 110 cm³/mol. The van der Waals surface area contributed by atoms with Crippen LogP contribution in [0.5, 0.6) is 5.75 Å². The van der Waals surface area contributed by atoms with Gasteiger partial charge in [-0.05, 0) is 55.0 Å². The average molecular weight is 374 g/mol. The molecule has 28 heavy (non-hydrogen) atoms. The van der Waals surface area contributed by atoms with Crippen LogP contribution in [0.15, 0.2) is 66.7 Å². The zero-order valence-corrected chi connectivity index (χ0v) is 15.5. The third kappa shape index (κ3) is 3.32. The summed E-state index contributed by atoms with van der Waals surface area (Å²) < 4.78 is 13.4. The van der Waals surface area contributed by atoms with Crippen LogP contribution in [0.3, 0.4) is 0 Å². The summed E-state index contributed by atoms with van der Waals surface area (Å²) >= 11 is 0. The minimum absolute atomic E-state index is 0.0708. The molecule has 0 saturated heterocycles. The zero-order valence-electron chi connectivity index (χ0n) is 15.5. The molecule has 0 aliphatic heterocycles. The molecule has 0 aliphatic rings. The first kappa shape index (κ1) is 17.7. The van der Waals surface area contributed by atoms with Gasteiger partial charge in [-0.2, -0.15) is 4.98 Å². The van der Waals surface area contributed by atoms with Crippen LogP contribution in [0.4, 0.5) is 27.5 Å². The first-order chi connectivity index (χ1) is 13.5. The number of aromatic hydroxyl groups is 1. The molecule has 6 heteroatoms. The lowest BCUT2D eigenvalue weighted by Gasteiger charge is -2.21. The number of aryl methyl sites for hydroxylation is 1. The molecule has 2 N–H and O–H groups in total. The summed E-state index contributed by atoms with van der Waals surface area (Å²) in [6, 6.07) is 19.5. The van der Waals surface area contributed by atoms with E-state index < -0.39 is 0 Å². The summed E-state index contributed by atoms with van der Waals surface area (Å²) in [6.07, 6.45) is 0. The molecule has 0 fully saturated rings. The Labute approximate surface area is 162 Å². The lowest BCUT2D eigenvalue weighted by Crippen LogP contribution is -2.13. The maximum Gasteiger partial charge on any atom is 0.229 e. The van der Waals surface area contributed by atoms with Crippen LogP contribution < -0.4 is 10.2 Å². The van der Waals surface area contributed by atoms with Crippen molar-refractivity contribution in [2.24, 2.45) is 0 Å². The molecule has 1 aromatic heterocycles. The normalized spacial score (nSPS) is 10.8. The Morgan fingerprint density at radius 2 is 1.75 bits per heavy atom. The fraction of sp³-hybridized carbons (Fsp3) is 0.0909. The van der Waals surface area contributed by atoms with Gasteiger partial charge >= 0.3 is 0 Å². The third-order valence-electron chi connectivity index (χ3n) is 4.58. The van der Waals surface area contributed by atoms with E-state index in [0.29, 0.717) is 23.0 Å². The molecule has 4 aromatic rings. The highest BCUT2D eigenvalue weighted by molar-refractivity contribution is 5.95. The number of hydrogen-bond donors (Lipinski definition) is 2. The summed E-state index contributed by atoms with van der Waals surface area (Å²) in [4.78, 5) is 11.1. The zero-order chi connectivity index (χ0) is 19.7. The Balaban J connectivity index is 1.85. The fourth-order valence-corrected chi connectivity index (χ4v) is 3.09. The molecule has 5 nitrogen and oxygen atoms in total. The van der Waals surface area contributed by atoms with Gasteiger partial charge in [-0.1, -0.05) is 24.3 Å². The third-order valence-corrected chi connectivity index (χ3v) is 4.58. The Kier molecular flexibility index (Phi) is 4.53. The highest BCUT2D eigenvalue weighted by Gasteiger charge is 2.16. The summed E-state index contributed by atoms with van der Waals surface area (Å²) in [5, 5.41) is 14.2. The molecule has 4 rings (SSSR count). The van der Waals surface area contributed by atoms with Gasteiger partial charge in [0.25, 0.3) is 0 Å². The number of benzene rings is 3. The second-order valence-corrected chi connectivity index (χ2v) is 6.52. The number of hydrogen-bond acceptors (Lipinski definition) is 5. The maximum absolute atomic E-state index is 13.4. The van der Waals surface area contributed by atoms with Crippen molar-refractivity contribution in [2.75, 3.05) is 17.3 Å². The number of anilines is 4. The van der Waals surface area contributed by atoms with Gasteiger partial charge < -0.3 is 15.3 Å². The summed E-state index contributed by atoms with van der Waals surface area (Å²) in [7, 11) is 1.91. The van der Waals surface area contributed by atoms with E-state index in [1.807, 2.05) is 48.3 Å². The highest BCUT2D eigenvalue weighted by Crippen LogP contribution is 2.34. The molecule has 0 bridgehead atoms. The van der Waals surface area contributed by atoms with Crippen molar-refractivity contribution in [3.05, 3.63) is 78.1 Å². The van der Waals surface area contributed by atoms with Crippen LogP contribution in [-0.2, 0) is 0 Å². The second kappa shape index (κ2) is 7.15. The molecule has 0 spiro atoms. The van der Waals surface area contributed by atoms with E-state index in [2.05, 4.69) is 15.3 Å². The molecule has 0 aliphatic carbocycles. The largest absolute Gasteiger partial charge is 0.506 e. The Bertz CT molecular complexity index is 1150. The van der Waals surface area contributed by atoms with E-state index in [4.69, 9.17) is 0 Å². The Hall–Kier alpha value is -3.67. The minimum Gasteiger partial charge on any atom is -0.506 e. The molecular formula is C22H19FN4O. The van der Waals surface area contributed by atoms with Crippen molar-refractivity contribution >= 4 is 34.0 Å². The topological polar surface area (TPSA) is 61.3 Å². The van der Waals surface area contributed by atoms with Gasteiger partial charge in [0.1, 0.15) is 22.9 Å². The molecule has 3 aromatic carbocycles. The number of halogens is 1. The van der Waals surface area contributed by atoms with Gasteiger partial charge in [-0.3, -0.25) is 0 Å². The number of para-hydroxylation sites is 2. The van der Waals surface area contributed by atoms with Gasteiger partial charge in [0.2, 0.25) is 5.95 Å². The highest BCUT2D eigenvalue weighted by atomic mass is 19.1. The smallest absolute Gasteiger partial charge is 0.229 e. The fourth-order valence-electron chi connectivity index (χ4n) is 3.09. The quantitative estimate of drug-likeness (QED) is 0.508. The lowest BCUT2D eigenvalue weighted by atomic mass is 10.2. The molecule has 0 radical (unpaired) electrons. The van der Waals surface area contributed by atoms with E-state index in [1.54, 1.807) is 25.1 Å². The van der Waals surface area contributed by atoms with Crippen molar-refractivity contribution < 1.29 is 9.50 Å². The molecular weight excluding hydrogens is 355 g/mol. The molecule has 0 atom stereocenters. The van der Waals surface area contributed by atoms with Gasteiger partial charge in [-0.25, -0.2) is 9.37 Å². The van der Waals surface area contributed by atoms with E-state index in [9.17, 15) is 9.50 Å². The van der Waals surface area contributed by atoms with Crippen molar-refractivity contribution in [1.29, 1.82) is 0 Å². The number of phenols is 1. The predicted octanol–water partition coefficient (Wildman–Crippen LogP) is 5.29. The first-order valence-electron chi connectivity index (χ1n) is 8.84. The standard InChI is InChI=1S/C22H19FN4O/c1-14-13-15(23)11-12-18(14)24-22-25-20-17(9-6-10-19(20)28)21(26-22)27(2)16-7-4-3-5-8-16/h3-13,28H,1-2H3,(H,24,25,26). The van der Waals surface area contributed by atoms with E-state index in [1.165, 1.54) is 12.1 Å². The SMILES string of the molecule is Cc1cc(F)ccc1Nc1nc(N(C)c2ccccc2)c2cccc(O)c2n1. The van der Waals surface area contributed by atoms with Crippen molar-refractivity contribution in [1.82, 2.24) is 9.97 Å². The summed E-state index contributed by atoms with van der Waals surface area (Å²) in [6.45, 7) is 1.81. The van der Waals surface area contributed by atoms with Crippen LogP contribution in [0.25, 0.3) is 10.9 Å². The van der Waals surface area contributed by atoms with Gasteiger partial charge in [0, 0.05) is 23.8 Å². The van der Waals surface area contributed by atoms with Crippen LogP contribution in [-0.4, -0.2) is 22.1 Å². The van der Waals surface area contributed by atoms with E-state index in [0.717, 1.165) is 16.6 Å². The lowest BCUT2D eigenvalue weighted by molar-refractivity contribution is 0.480. The second-order valence-electron chi connectivity index (χ2n) is 6.52. The van der Waals surface area contributed by atoms with Crippen LogP contribution in [0.2, 0.25) is 0 Å². The van der Waals surface area contributed by atoms with Gasteiger partial charge in [-0.15, -0.1) is 0 Å². The van der Waals surface area contributed by atoms with Crippen LogP contribution in [0, 0.1) is 12.7 Å². The van der Waals surface area contributed by atoms with Crippen molar-refractivity contribution in [3.8, 4) is 5.75 Å². The summed E-state index contributed by atoms with van der Waals surface area (Å²) in [5.41, 5.74) is 2.83. The molecule has 0 amide bonds. The van der Waals surface area contributed by atoms with Gasteiger partial charge in [0.15, 0.2) is 0 Å². The van der Waals surface area contributed by atoms with Crippen LogP contribution in [0.1, 0.15) is 5.56 Å². The van der Waals surface area contributed by atoms with Gasteiger partial charge in [0.05, 0.1) is 0 Å². The van der Waals surface area contributed by atoms with Crippen molar-refractivity contribution in [2.45, 2.75) is 6.92 Å². The molecule has 140 valence electrons. The van der Waals surface area contributed by atoms with Crippen LogP contribution >= 0.6 is 0 Å².